The van der Waals surface area contributed by atoms with Crippen LogP contribution in [0.15, 0.2) is 28.7 Å². The van der Waals surface area contributed by atoms with Gasteiger partial charge < -0.3 is 11.5 Å². The number of thiazole rings is 1. The minimum Gasteiger partial charge on any atom is -0.375 e. The van der Waals surface area contributed by atoms with Gasteiger partial charge in [0.25, 0.3) is 0 Å². The number of amides is 2. The molecule has 0 fully saturated rings. The maximum atomic E-state index is 10.8. The molecule has 0 spiro atoms. The van der Waals surface area contributed by atoms with Gasteiger partial charge in [-0.15, -0.1) is 11.3 Å². The minimum atomic E-state index is -0.796. The van der Waals surface area contributed by atoms with E-state index >= 15 is 0 Å². The van der Waals surface area contributed by atoms with E-state index in [9.17, 15) is 4.79 Å². The zero-order valence-electron chi connectivity index (χ0n) is 9.93. The van der Waals surface area contributed by atoms with Crippen molar-refractivity contribution < 1.29 is 4.79 Å². The second-order valence-electron chi connectivity index (χ2n) is 3.63. The molecular weight excluding hydrogens is 321 g/mol. The number of aromatic nitrogens is 1. The fraction of sp³-hybridized carbons (Fsp3) is 0. The predicted octanol–water partition coefficient (Wildman–Crippen LogP) is 2.45. The van der Waals surface area contributed by atoms with Gasteiger partial charge in [-0.05, 0) is 18.2 Å². The van der Waals surface area contributed by atoms with Crippen LogP contribution in [0.1, 0.15) is 11.3 Å². The van der Waals surface area contributed by atoms with Gasteiger partial charge in [-0.25, -0.2) is 15.2 Å². The smallest absolute Gasteiger partial charge is 0.332 e. The van der Waals surface area contributed by atoms with Gasteiger partial charge in [-0.2, -0.15) is 5.10 Å². The SMILES string of the molecule is NC(=O)NN=C(c1csc(N)n1)c1ccc(Cl)cc1Cl. The lowest BCUT2D eigenvalue weighted by Gasteiger charge is -2.07. The van der Waals surface area contributed by atoms with E-state index in [1.165, 1.54) is 11.3 Å². The third kappa shape index (κ3) is 3.38. The van der Waals surface area contributed by atoms with E-state index in [0.717, 1.165) is 0 Å². The summed E-state index contributed by atoms with van der Waals surface area (Å²) < 4.78 is 0. The lowest BCUT2D eigenvalue weighted by Crippen LogP contribution is -2.26. The normalized spacial score (nSPS) is 11.4. The second-order valence-corrected chi connectivity index (χ2v) is 5.36. The molecule has 1 heterocycles. The lowest BCUT2D eigenvalue weighted by atomic mass is 10.1. The topological polar surface area (TPSA) is 106 Å². The Labute approximate surface area is 128 Å². The zero-order valence-corrected chi connectivity index (χ0v) is 12.3. The molecular formula is C11H9Cl2N5OS. The molecule has 1 aromatic heterocycles. The molecule has 0 aliphatic rings. The highest BCUT2D eigenvalue weighted by atomic mass is 35.5. The van der Waals surface area contributed by atoms with Crippen LogP contribution in [0.4, 0.5) is 9.93 Å². The van der Waals surface area contributed by atoms with Crippen LogP contribution in [-0.2, 0) is 0 Å². The molecule has 2 rings (SSSR count). The van der Waals surface area contributed by atoms with Crippen LogP contribution < -0.4 is 16.9 Å². The van der Waals surface area contributed by atoms with Gasteiger partial charge in [-0.3, -0.25) is 0 Å². The summed E-state index contributed by atoms with van der Waals surface area (Å²) in [6.45, 7) is 0. The first-order chi connectivity index (χ1) is 9.47. The molecule has 1 aromatic carbocycles. The lowest BCUT2D eigenvalue weighted by molar-refractivity contribution is 0.249. The van der Waals surface area contributed by atoms with Gasteiger partial charge >= 0.3 is 6.03 Å². The van der Waals surface area contributed by atoms with E-state index in [4.69, 9.17) is 34.7 Å². The predicted molar refractivity (Wildman–Crippen MR) is 81.3 cm³/mol. The third-order valence-corrected chi connectivity index (χ3v) is 3.45. The number of carbonyl (C=O) groups excluding carboxylic acids is 1. The molecule has 0 saturated carbocycles. The second kappa shape index (κ2) is 6.08. The van der Waals surface area contributed by atoms with E-state index in [0.29, 0.717) is 32.1 Å². The molecule has 0 aliphatic carbocycles. The summed E-state index contributed by atoms with van der Waals surface area (Å²) in [4.78, 5) is 14.9. The number of halogens is 2. The van der Waals surface area contributed by atoms with Crippen molar-refractivity contribution in [1.29, 1.82) is 0 Å². The van der Waals surface area contributed by atoms with Gasteiger partial charge in [0.1, 0.15) is 11.4 Å². The number of nitrogens with two attached hydrogens (primary N) is 2. The molecule has 2 aromatic rings. The van der Waals surface area contributed by atoms with E-state index in [2.05, 4.69) is 15.5 Å². The fourth-order valence-electron chi connectivity index (χ4n) is 1.44. The number of benzene rings is 1. The molecule has 6 nitrogen and oxygen atoms in total. The van der Waals surface area contributed by atoms with Crippen LogP contribution in [-0.4, -0.2) is 16.7 Å². The van der Waals surface area contributed by atoms with Crippen molar-refractivity contribution in [2.24, 2.45) is 10.8 Å². The van der Waals surface area contributed by atoms with Crippen molar-refractivity contribution in [2.75, 3.05) is 5.73 Å². The van der Waals surface area contributed by atoms with Crippen molar-refractivity contribution in [3.63, 3.8) is 0 Å². The number of nitrogens with zero attached hydrogens (tertiary/aromatic N) is 2. The number of carbonyl (C=O) groups is 1. The zero-order chi connectivity index (χ0) is 14.7. The van der Waals surface area contributed by atoms with Crippen LogP contribution in [0.5, 0.6) is 0 Å². The standard InChI is InChI=1S/C11H9Cl2N5OS/c12-5-1-2-6(7(13)3-5)9(17-18-10(14)19)8-4-20-11(15)16-8/h1-4H,(H2,15,16)(H3,14,18,19). The van der Waals surface area contributed by atoms with Gasteiger partial charge in [0.05, 0.1) is 5.02 Å². The Bertz CT molecular complexity index is 685. The maximum absolute atomic E-state index is 10.8. The Morgan fingerprint density at radius 3 is 2.70 bits per heavy atom. The van der Waals surface area contributed by atoms with Crippen LogP contribution in [0.3, 0.4) is 0 Å². The number of hydrazone groups is 1. The molecule has 104 valence electrons. The molecule has 0 radical (unpaired) electrons. The first-order valence-corrected chi connectivity index (χ1v) is 6.91. The molecule has 20 heavy (non-hydrogen) atoms. The summed E-state index contributed by atoms with van der Waals surface area (Å²) >= 11 is 13.2. The molecule has 5 N–H and O–H groups in total. The van der Waals surface area contributed by atoms with Gasteiger partial charge in [0.15, 0.2) is 5.13 Å². The molecule has 0 unspecified atom stereocenters. The average molecular weight is 330 g/mol. The first kappa shape index (κ1) is 14.6. The number of hydrogen-bond acceptors (Lipinski definition) is 5. The van der Waals surface area contributed by atoms with Gasteiger partial charge in [-0.1, -0.05) is 23.2 Å². The number of urea groups is 1. The largest absolute Gasteiger partial charge is 0.375 e. The Kier molecular flexibility index (Phi) is 4.43. The summed E-state index contributed by atoms with van der Waals surface area (Å²) in [5, 5.41) is 6.84. The molecule has 0 atom stereocenters. The Hall–Kier alpha value is -1.83. The van der Waals surface area contributed by atoms with Crippen molar-refractivity contribution in [1.82, 2.24) is 10.4 Å². The van der Waals surface area contributed by atoms with Gasteiger partial charge in [0, 0.05) is 16.0 Å². The quantitative estimate of drug-likeness (QED) is 0.594. The van der Waals surface area contributed by atoms with Crippen LogP contribution in [0.2, 0.25) is 10.0 Å². The van der Waals surface area contributed by atoms with Crippen molar-refractivity contribution in [2.45, 2.75) is 0 Å². The van der Waals surface area contributed by atoms with Crippen LogP contribution >= 0.6 is 34.5 Å². The summed E-state index contributed by atoms with van der Waals surface area (Å²) in [7, 11) is 0. The van der Waals surface area contributed by atoms with E-state index in [1.807, 2.05) is 0 Å². The molecule has 2 amide bonds. The monoisotopic (exact) mass is 329 g/mol. The Morgan fingerprint density at radius 2 is 2.15 bits per heavy atom. The number of rotatable bonds is 3. The highest BCUT2D eigenvalue weighted by molar-refractivity contribution is 7.13. The van der Waals surface area contributed by atoms with E-state index in [1.54, 1.807) is 23.6 Å². The first-order valence-electron chi connectivity index (χ1n) is 5.27. The number of hydrogen-bond donors (Lipinski definition) is 3. The number of nitrogens with one attached hydrogen (secondary N) is 1. The number of primary amides is 1. The Morgan fingerprint density at radius 1 is 1.40 bits per heavy atom. The third-order valence-electron chi connectivity index (χ3n) is 2.23. The number of anilines is 1. The highest BCUT2D eigenvalue weighted by Gasteiger charge is 2.15. The summed E-state index contributed by atoms with van der Waals surface area (Å²) in [5.41, 5.74) is 14.1. The minimum absolute atomic E-state index is 0.346. The fourth-order valence-corrected chi connectivity index (χ4v) is 2.49. The highest BCUT2D eigenvalue weighted by Crippen LogP contribution is 2.25. The molecule has 0 bridgehead atoms. The molecule has 0 aliphatic heterocycles. The maximum Gasteiger partial charge on any atom is 0.332 e. The number of nitrogen functional groups attached to an aromatic ring is 1. The Balaban J connectivity index is 2.51. The summed E-state index contributed by atoms with van der Waals surface area (Å²) in [6, 6.07) is 4.09. The summed E-state index contributed by atoms with van der Waals surface area (Å²) in [6.07, 6.45) is 0. The summed E-state index contributed by atoms with van der Waals surface area (Å²) in [5.74, 6) is 0. The van der Waals surface area contributed by atoms with Gasteiger partial charge in [0.2, 0.25) is 0 Å². The van der Waals surface area contributed by atoms with E-state index in [-0.39, 0.29) is 0 Å². The van der Waals surface area contributed by atoms with Crippen molar-refractivity contribution in [3.05, 3.63) is 44.9 Å². The van der Waals surface area contributed by atoms with E-state index < -0.39 is 6.03 Å². The molecule has 9 heteroatoms. The van der Waals surface area contributed by atoms with Crippen LogP contribution in [0.25, 0.3) is 0 Å². The van der Waals surface area contributed by atoms with Crippen molar-refractivity contribution >= 4 is 51.4 Å². The van der Waals surface area contributed by atoms with Crippen molar-refractivity contribution in [3.8, 4) is 0 Å². The molecule has 0 saturated heterocycles. The van der Waals surface area contributed by atoms with Crippen LogP contribution in [0, 0.1) is 0 Å². The average Bonchev–Trinajstić information content (AvgIpc) is 2.78.